The fourth-order valence-electron chi connectivity index (χ4n) is 3.50. The maximum atomic E-state index is 15.3. The number of benzene rings is 1. The normalized spacial score (nSPS) is 26.0. The fraction of sp³-hybridized carbons (Fsp3) is 0.500. The Bertz CT molecular complexity index is 1250. The number of esters is 1. The number of nitrogens with zero attached hydrogens (tertiary/aromatic N) is 1. The van der Waals surface area contributed by atoms with Crippen LogP contribution in [0.1, 0.15) is 27.0 Å². The first-order valence-corrected chi connectivity index (χ1v) is 13.2. The Balaban J connectivity index is 1.83. The van der Waals surface area contributed by atoms with Crippen LogP contribution in [0, 0.1) is 4.77 Å². The largest absolute Gasteiger partial charge is 0.462 e. The van der Waals surface area contributed by atoms with Crippen molar-refractivity contribution in [3.8, 4) is 5.75 Å². The molecule has 2 aromatic rings. The molecule has 1 fully saturated rings. The zero-order chi connectivity index (χ0) is 27.4. The van der Waals surface area contributed by atoms with Gasteiger partial charge in [0.05, 0.1) is 12.7 Å². The molecule has 1 saturated heterocycles. The molecule has 0 saturated carbocycles. The molecular weight excluding hydrogens is 535 g/mol. The van der Waals surface area contributed by atoms with Crippen LogP contribution in [0.25, 0.3) is 0 Å². The molecule has 3 N–H and O–H groups in total. The molecule has 1 aliphatic rings. The van der Waals surface area contributed by atoms with Crippen molar-refractivity contribution >= 4 is 25.9 Å². The van der Waals surface area contributed by atoms with E-state index in [1.54, 1.807) is 32.0 Å². The van der Waals surface area contributed by atoms with Crippen molar-refractivity contribution < 1.29 is 41.8 Å². The lowest BCUT2D eigenvalue weighted by Gasteiger charge is -2.28. The zero-order valence-electron chi connectivity index (χ0n) is 20.2. The summed E-state index contributed by atoms with van der Waals surface area (Å²) >= 11 is 5.02. The summed E-state index contributed by atoms with van der Waals surface area (Å²) in [6.45, 7) is 2.30. The van der Waals surface area contributed by atoms with E-state index in [2.05, 4.69) is 10.1 Å². The Hall–Kier alpha value is -2.48. The van der Waals surface area contributed by atoms with Gasteiger partial charge in [-0.3, -0.25) is 23.7 Å². The van der Waals surface area contributed by atoms with E-state index in [4.69, 9.17) is 30.7 Å². The molecule has 6 atom stereocenters. The first-order valence-electron chi connectivity index (χ1n) is 11.3. The second kappa shape index (κ2) is 11.9. The van der Waals surface area contributed by atoms with E-state index in [-0.39, 0.29) is 10.5 Å². The number of aromatic amines is 1. The fourth-order valence-corrected chi connectivity index (χ4v) is 5.26. The van der Waals surface area contributed by atoms with Crippen LogP contribution in [-0.2, 0) is 23.4 Å². The van der Waals surface area contributed by atoms with Crippen LogP contribution in [0.2, 0.25) is 0 Å². The summed E-state index contributed by atoms with van der Waals surface area (Å²) in [5, 5.41) is 13.2. The van der Waals surface area contributed by atoms with E-state index in [0.717, 1.165) is 16.8 Å². The Morgan fingerprint density at radius 2 is 2.00 bits per heavy atom. The lowest BCUT2D eigenvalue weighted by Crippen LogP contribution is -2.47. The summed E-state index contributed by atoms with van der Waals surface area (Å²) < 4.78 is 65.0. The summed E-state index contributed by atoms with van der Waals surface area (Å²) in [6.07, 6.45) is -4.99. The molecule has 0 radical (unpaired) electrons. The first kappa shape index (κ1) is 29.1. The number of aliphatic hydroxyl groups is 1. The zero-order valence-corrected chi connectivity index (χ0v) is 21.9. The van der Waals surface area contributed by atoms with Crippen LogP contribution in [-0.4, -0.2) is 63.9 Å². The highest BCUT2D eigenvalue weighted by Crippen LogP contribution is 2.47. The summed E-state index contributed by atoms with van der Waals surface area (Å²) in [7, 11) is -4.38. The maximum absolute atomic E-state index is 15.3. The van der Waals surface area contributed by atoms with Crippen molar-refractivity contribution in [2.24, 2.45) is 0 Å². The number of hydrogen-bond acceptors (Lipinski definition) is 9. The Kier molecular flexibility index (Phi) is 9.37. The Morgan fingerprint density at radius 1 is 1.32 bits per heavy atom. The van der Waals surface area contributed by atoms with E-state index in [0.29, 0.717) is 0 Å². The Labute approximate surface area is 216 Å². The molecule has 0 amide bonds. The molecule has 2 heterocycles. The third kappa shape index (κ3) is 6.89. The van der Waals surface area contributed by atoms with Crippen LogP contribution in [0.3, 0.4) is 0 Å². The number of halogens is 2. The van der Waals surface area contributed by atoms with Gasteiger partial charge in [0.1, 0.15) is 24.6 Å². The molecule has 3 rings (SSSR count). The Morgan fingerprint density at radius 3 is 2.59 bits per heavy atom. The van der Waals surface area contributed by atoms with Crippen LogP contribution < -0.4 is 15.2 Å². The summed E-state index contributed by atoms with van der Waals surface area (Å²) in [5.74, 6) is -0.625. The number of alkyl halides is 2. The summed E-state index contributed by atoms with van der Waals surface area (Å²) in [4.78, 5) is 26.0. The average molecular weight is 564 g/mol. The van der Waals surface area contributed by atoms with Crippen molar-refractivity contribution in [2.75, 3.05) is 13.3 Å². The highest BCUT2D eigenvalue weighted by Gasteiger charge is 2.58. The summed E-state index contributed by atoms with van der Waals surface area (Å²) in [6, 6.07) is 7.75. The molecule has 15 heteroatoms. The van der Waals surface area contributed by atoms with Crippen LogP contribution in [0.4, 0.5) is 8.78 Å². The van der Waals surface area contributed by atoms with Crippen LogP contribution in [0.15, 0.2) is 47.4 Å². The molecule has 11 nitrogen and oxygen atoms in total. The predicted octanol–water partition coefficient (Wildman–Crippen LogP) is 2.98. The van der Waals surface area contributed by atoms with Crippen molar-refractivity contribution in [3.63, 3.8) is 0 Å². The van der Waals surface area contributed by atoms with Gasteiger partial charge in [-0.05, 0) is 45.1 Å². The monoisotopic (exact) mass is 563 g/mol. The van der Waals surface area contributed by atoms with Gasteiger partial charge in [0.25, 0.3) is 5.56 Å². The first-order chi connectivity index (χ1) is 17.4. The molecule has 1 aromatic heterocycles. The van der Waals surface area contributed by atoms with E-state index in [1.165, 1.54) is 19.1 Å². The molecular formula is C22H28F2N3O8PS. The third-order valence-electron chi connectivity index (χ3n) is 5.29. The number of para-hydroxylation sites is 1. The van der Waals surface area contributed by atoms with Gasteiger partial charge in [0.15, 0.2) is 22.8 Å². The van der Waals surface area contributed by atoms with Crippen molar-refractivity contribution in [2.45, 2.75) is 57.0 Å². The molecule has 0 spiro atoms. The average Bonchev–Trinajstić information content (AvgIpc) is 3.08. The van der Waals surface area contributed by atoms with Crippen molar-refractivity contribution in [3.05, 3.63) is 57.7 Å². The second-order valence-corrected chi connectivity index (χ2v) is 10.7. The SMILES string of the molecule is CC(C)OC(=O)[C@H](C)NP(=O)(OC[C@H]1O[C@@H](n2ccc(=O)[nH]c2=S)[C@@](O)(CF)C1F)Oc1ccccc1. The van der Waals surface area contributed by atoms with Gasteiger partial charge in [0.2, 0.25) is 0 Å². The van der Waals surface area contributed by atoms with E-state index < -0.39 is 68.8 Å². The minimum absolute atomic E-state index is 0.115. The number of carbonyl (C=O) groups excluding carboxylic acids is 1. The maximum Gasteiger partial charge on any atom is 0.459 e. The molecule has 0 bridgehead atoms. The highest BCUT2D eigenvalue weighted by atomic mass is 32.1. The molecule has 204 valence electrons. The number of rotatable bonds is 11. The van der Waals surface area contributed by atoms with Crippen LogP contribution in [0.5, 0.6) is 5.75 Å². The quantitative estimate of drug-likeness (QED) is 0.212. The van der Waals surface area contributed by atoms with Crippen LogP contribution >= 0.6 is 20.0 Å². The molecule has 2 unspecified atom stereocenters. The highest BCUT2D eigenvalue weighted by molar-refractivity contribution is 7.71. The molecule has 0 aliphatic carbocycles. The number of carbonyl (C=O) groups is 1. The third-order valence-corrected chi connectivity index (χ3v) is 7.24. The predicted molar refractivity (Wildman–Crippen MR) is 130 cm³/mol. The van der Waals surface area contributed by atoms with Crippen molar-refractivity contribution in [1.82, 2.24) is 14.6 Å². The van der Waals surface area contributed by atoms with E-state index in [9.17, 15) is 23.7 Å². The number of H-pyrrole nitrogens is 1. The van der Waals surface area contributed by atoms with Gasteiger partial charge in [0, 0.05) is 12.3 Å². The standard InChI is InChI=1S/C22H28F2N3O8PS/c1-13(2)33-19(29)14(3)26-36(31,35-15-7-5-4-6-8-15)32-11-16-18(24)22(30,12-23)20(34-16)27-10-9-17(28)25-21(27)37/h4-10,13-14,16,18,20,30H,11-12H2,1-3H3,(H,26,31)(H,25,28,37)/t14-,16+,18?,20+,22+,36?/m0/s1. The minimum Gasteiger partial charge on any atom is -0.462 e. The topological polar surface area (TPSA) is 141 Å². The molecule has 37 heavy (non-hydrogen) atoms. The number of nitrogens with one attached hydrogen (secondary N) is 2. The number of aromatic nitrogens is 2. The smallest absolute Gasteiger partial charge is 0.459 e. The number of ether oxygens (including phenoxy) is 2. The van der Waals surface area contributed by atoms with Gasteiger partial charge in [-0.25, -0.2) is 13.3 Å². The van der Waals surface area contributed by atoms with Gasteiger partial charge >= 0.3 is 13.7 Å². The molecule has 1 aromatic carbocycles. The second-order valence-electron chi connectivity index (χ2n) is 8.60. The lowest BCUT2D eigenvalue weighted by atomic mass is 9.97. The minimum atomic E-state index is -4.38. The lowest BCUT2D eigenvalue weighted by molar-refractivity contribution is -0.149. The number of hydrogen-bond donors (Lipinski definition) is 3. The van der Waals surface area contributed by atoms with Gasteiger partial charge in [-0.15, -0.1) is 0 Å². The van der Waals surface area contributed by atoms with Gasteiger partial charge < -0.3 is 19.1 Å². The summed E-state index contributed by atoms with van der Waals surface area (Å²) in [5.41, 5.74) is -3.26. The van der Waals surface area contributed by atoms with E-state index >= 15 is 4.39 Å². The molecule has 1 aliphatic heterocycles. The van der Waals surface area contributed by atoms with Gasteiger partial charge in [-0.2, -0.15) is 5.09 Å². The van der Waals surface area contributed by atoms with Crippen molar-refractivity contribution in [1.29, 1.82) is 0 Å². The van der Waals surface area contributed by atoms with Gasteiger partial charge in [-0.1, -0.05) is 18.2 Å². The van der Waals surface area contributed by atoms with E-state index in [1.807, 2.05) is 0 Å².